The molecule has 25 heavy (non-hydrogen) atoms. The van der Waals surface area contributed by atoms with Crippen LogP contribution in [0.5, 0.6) is 0 Å². The molecule has 0 fully saturated rings. The molecule has 0 radical (unpaired) electrons. The first-order chi connectivity index (χ1) is 11.8. The summed E-state index contributed by atoms with van der Waals surface area (Å²) in [6.45, 7) is 0.870. The van der Waals surface area contributed by atoms with Crippen molar-refractivity contribution in [1.29, 1.82) is 0 Å². The summed E-state index contributed by atoms with van der Waals surface area (Å²) in [5.74, 6) is -2.28. The topological polar surface area (TPSA) is 102 Å². The first kappa shape index (κ1) is 18.2. The van der Waals surface area contributed by atoms with Crippen molar-refractivity contribution in [3.8, 4) is 11.4 Å². The number of nitrogens with zero attached hydrogens (tertiary/aromatic N) is 5. The van der Waals surface area contributed by atoms with Crippen molar-refractivity contribution in [2.24, 2.45) is 5.10 Å². The van der Waals surface area contributed by atoms with E-state index in [1.165, 1.54) is 6.92 Å². The molecular weight excluding hydrogens is 341 g/mol. The molecule has 1 amide bonds. The van der Waals surface area contributed by atoms with Gasteiger partial charge < -0.3 is 0 Å². The Morgan fingerprint density at radius 1 is 1.24 bits per heavy atom. The quantitative estimate of drug-likeness (QED) is 0.623. The van der Waals surface area contributed by atoms with Crippen molar-refractivity contribution in [1.82, 2.24) is 25.6 Å². The highest BCUT2D eigenvalue weighted by molar-refractivity contribution is 6.03. The summed E-state index contributed by atoms with van der Waals surface area (Å²) in [5, 5.41) is 15.0. The molecule has 0 spiro atoms. The van der Waals surface area contributed by atoms with Crippen LogP contribution in [0, 0.1) is 0 Å². The molecule has 0 atom stereocenters. The van der Waals surface area contributed by atoms with E-state index in [0.29, 0.717) is 11.4 Å². The highest BCUT2D eigenvalue weighted by Gasteiger charge is 2.38. The number of hydrogen-bond donors (Lipinski definition) is 1. The van der Waals surface area contributed by atoms with Crippen LogP contribution >= 0.6 is 0 Å². The number of carbonyl (C=O) groups excluding carboxylic acids is 2. The average molecular weight is 354 g/mol. The van der Waals surface area contributed by atoms with E-state index in [1.807, 2.05) is 11.5 Å². The van der Waals surface area contributed by atoms with Crippen LogP contribution in [-0.2, 0) is 16.1 Å². The fraction of sp³-hybridized carbons (Fsp3) is 0.286. The van der Waals surface area contributed by atoms with Crippen LogP contribution < -0.4 is 5.43 Å². The number of amides is 1. The second-order valence-electron chi connectivity index (χ2n) is 4.99. The normalized spacial score (nSPS) is 12.1. The molecule has 2 aromatic rings. The lowest BCUT2D eigenvalue weighted by atomic mass is 10.2. The summed E-state index contributed by atoms with van der Waals surface area (Å²) in [5.41, 5.74) is 2.58. The van der Waals surface area contributed by atoms with Gasteiger partial charge >= 0.3 is 6.18 Å². The van der Waals surface area contributed by atoms with Crippen LogP contribution in [0.25, 0.3) is 11.4 Å². The van der Waals surface area contributed by atoms with Gasteiger partial charge in [-0.25, -0.2) is 5.43 Å². The van der Waals surface area contributed by atoms with E-state index in [0.717, 1.165) is 4.80 Å². The van der Waals surface area contributed by atoms with Crippen LogP contribution in [0.2, 0.25) is 0 Å². The van der Waals surface area contributed by atoms with Gasteiger partial charge in [0.25, 0.3) is 5.91 Å². The van der Waals surface area contributed by atoms with Gasteiger partial charge in [0, 0.05) is 11.3 Å². The van der Waals surface area contributed by atoms with Crippen molar-refractivity contribution in [2.45, 2.75) is 26.1 Å². The third-order valence-electron chi connectivity index (χ3n) is 2.87. The number of carbonyl (C=O) groups is 2. The van der Waals surface area contributed by atoms with Gasteiger partial charge in [-0.1, -0.05) is 30.3 Å². The molecule has 8 nitrogen and oxygen atoms in total. The van der Waals surface area contributed by atoms with Gasteiger partial charge in [-0.15, -0.1) is 10.2 Å². The van der Waals surface area contributed by atoms with E-state index in [-0.39, 0.29) is 12.3 Å². The zero-order chi connectivity index (χ0) is 18.4. The summed E-state index contributed by atoms with van der Waals surface area (Å²) in [4.78, 5) is 23.5. The van der Waals surface area contributed by atoms with Gasteiger partial charge in [0.05, 0.1) is 6.42 Å². The zero-order valence-electron chi connectivity index (χ0n) is 13.0. The van der Waals surface area contributed by atoms with Crippen molar-refractivity contribution >= 4 is 17.4 Å². The molecule has 0 saturated heterocycles. The molecular formula is C14H13F3N6O2. The van der Waals surface area contributed by atoms with Gasteiger partial charge in [0.1, 0.15) is 6.54 Å². The lowest BCUT2D eigenvalue weighted by Crippen LogP contribution is -2.28. The lowest BCUT2D eigenvalue weighted by Gasteiger charge is -2.05. The van der Waals surface area contributed by atoms with Gasteiger partial charge in [0.2, 0.25) is 11.6 Å². The van der Waals surface area contributed by atoms with Crippen molar-refractivity contribution in [3.63, 3.8) is 0 Å². The molecule has 0 aliphatic carbocycles. The zero-order valence-corrected chi connectivity index (χ0v) is 13.0. The fourth-order valence-electron chi connectivity index (χ4n) is 1.71. The molecule has 1 aromatic carbocycles. The maximum atomic E-state index is 12.1. The Hall–Kier alpha value is -3.11. The molecule has 0 aliphatic heterocycles. The smallest absolute Gasteiger partial charge is 0.289 e. The number of benzene rings is 1. The summed E-state index contributed by atoms with van der Waals surface area (Å²) < 4.78 is 36.4. The summed E-state index contributed by atoms with van der Waals surface area (Å²) in [6, 6.07) is 8.95. The lowest BCUT2D eigenvalue weighted by molar-refractivity contribution is -0.169. The molecule has 0 aliphatic rings. The Morgan fingerprint density at radius 3 is 2.56 bits per heavy atom. The van der Waals surface area contributed by atoms with Crippen molar-refractivity contribution in [3.05, 3.63) is 30.3 Å². The Morgan fingerprint density at radius 2 is 1.92 bits per heavy atom. The summed E-state index contributed by atoms with van der Waals surface area (Å²) >= 11 is 0. The average Bonchev–Trinajstić information content (AvgIpc) is 3.01. The van der Waals surface area contributed by atoms with E-state index < -0.39 is 24.3 Å². The van der Waals surface area contributed by atoms with E-state index >= 15 is 0 Å². The van der Waals surface area contributed by atoms with Gasteiger partial charge in [-0.05, 0) is 12.1 Å². The fourth-order valence-corrected chi connectivity index (χ4v) is 1.71. The number of ketones is 1. The maximum absolute atomic E-state index is 12.1. The molecule has 1 heterocycles. The minimum Gasteiger partial charge on any atom is -0.289 e. The van der Waals surface area contributed by atoms with Crippen LogP contribution in [0.4, 0.5) is 13.2 Å². The van der Waals surface area contributed by atoms with E-state index in [4.69, 9.17) is 0 Å². The molecule has 0 unspecified atom stereocenters. The number of halogens is 3. The van der Waals surface area contributed by atoms with Crippen LogP contribution in [0.1, 0.15) is 13.3 Å². The number of hydrazone groups is 1. The van der Waals surface area contributed by atoms with Gasteiger partial charge in [-0.2, -0.15) is 23.1 Å². The number of nitrogens with one attached hydrogen (secondary N) is 1. The number of aromatic nitrogens is 4. The minimum atomic E-state index is -4.93. The number of hydrogen-bond acceptors (Lipinski definition) is 6. The highest BCUT2D eigenvalue weighted by Crippen LogP contribution is 2.17. The number of rotatable bonds is 6. The predicted octanol–water partition coefficient (Wildman–Crippen LogP) is 1.35. The first-order valence-electron chi connectivity index (χ1n) is 7.01. The molecule has 2 rings (SSSR count). The second-order valence-corrected chi connectivity index (χ2v) is 4.99. The SMILES string of the molecule is C/C(CC(=O)C(F)(F)F)=N\NC(=O)Cn1nnc(-c2ccccc2)n1. The van der Waals surface area contributed by atoms with Gasteiger partial charge in [-0.3, -0.25) is 9.59 Å². The van der Waals surface area contributed by atoms with E-state index in [9.17, 15) is 22.8 Å². The van der Waals surface area contributed by atoms with Crippen molar-refractivity contribution < 1.29 is 22.8 Å². The molecule has 0 saturated carbocycles. The monoisotopic (exact) mass is 354 g/mol. The first-order valence-corrected chi connectivity index (χ1v) is 7.01. The van der Waals surface area contributed by atoms with E-state index in [1.54, 1.807) is 24.3 Å². The number of Topliss-reactive ketones (excluding diaryl/α,β-unsaturated/α-hetero) is 1. The largest absolute Gasteiger partial charge is 0.450 e. The molecule has 1 N–H and O–H groups in total. The Bertz CT molecular complexity index is 785. The number of alkyl halides is 3. The Labute approximate surface area is 139 Å². The van der Waals surface area contributed by atoms with Crippen molar-refractivity contribution in [2.75, 3.05) is 0 Å². The van der Waals surface area contributed by atoms with Crippen LogP contribution in [0.15, 0.2) is 35.4 Å². The summed E-state index contributed by atoms with van der Waals surface area (Å²) in [7, 11) is 0. The number of tetrazole rings is 1. The molecule has 1 aromatic heterocycles. The summed E-state index contributed by atoms with van der Waals surface area (Å²) in [6.07, 6.45) is -5.86. The van der Waals surface area contributed by atoms with E-state index in [2.05, 4.69) is 20.5 Å². The third-order valence-corrected chi connectivity index (χ3v) is 2.87. The molecule has 11 heteroatoms. The predicted molar refractivity (Wildman–Crippen MR) is 80.2 cm³/mol. The minimum absolute atomic E-state index is 0.174. The van der Waals surface area contributed by atoms with Crippen LogP contribution in [-0.4, -0.2) is 43.8 Å². The Balaban J connectivity index is 1.89. The second kappa shape index (κ2) is 7.64. The highest BCUT2D eigenvalue weighted by atomic mass is 19.4. The molecule has 132 valence electrons. The maximum Gasteiger partial charge on any atom is 0.450 e. The van der Waals surface area contributed by atoms with Gasteiger partial charge in [0.15, 0.2) is 0 Å². The molecule has 0 bridgehead atoms. The van der Waals surface area contributed by atoms with Crippen LogP contribution in [0.3, 0.4) is 0 Å². The standard InChI is InChI=1S/C14H13F3N6O2/c1-9(7-11(24)14(15,16)17)18-19-12(25)8-23-21-13(20-22-23)10-5-3-2-4-6-10/h2-6H,7-8H2,1H3,(H,19,25)/b18-9+. The third kappa shape index (κ3) is 5.48. The Kier molecular flexibility index (Phi) is 5.57.